The number of para-hydroxylation sites is 1. The zero-order valence-corrected chi connectivity index (χ0v) is 17.1. The molecule has 7 heteroatoms. The first kappa shape index (κ1) is 20.9. The first-order valence-corrected chi connectivity index (χ1v) is 9.40. The summed E-state index contributed by atoms with van der Waals surface area (Å²) in [4.78, 5) is 24.1. The summed E-state index contributed by atoms with van der Waals surface area (Å²) in [5, 5.41) is 22.2. The van der Waals surface area contributed by atoms with Crippen molar-refractivity contribution in [3.63, 3.8) is 0 Å². The summed E-state index contributed by atoms with van der Waals surface area (Å²) in [6.45, 7) is 3.65. The average Bonchev–Trinajstić information content (AvgIpc) is 3.00. The lowest BCUT2D eigenvalue weighted by atomic mass is 10.1. The lowest BCUT2D eigenvalue weighted by molar-refractivity contribution is -0.112. The molecule has 150 valence electrons. The molecule has 0 saturated carbocycles. The van der Waals surface area contributed by atoms with Crippen LogP contribution in [0.3, 0.4) is 0 Å². The Bertz CT molecular complexity index is 1200. The van der Waals surface area contributed by atoms with Crippen molar-refractivity contribution < 1.29 is 14.7 Å². The van der Waals surface area contributed by atoms with E-state index in [9.17, 15) is 20.0 Å². The van der Waals surface area contributed by atoms with Gasteiger partial charge in [0.2, 0.25) is 0 Å². The number of carbonyl (C=O) groups is 2. The highest BCUT2D eigenvalue weighted by Crippen LogP contribution is 2.25. The van der Waals surface area contributed by atoms with Gasteiger partial charge in [-0.25, -0.2) is 4.79 Å². The van der Waals surface area contributed by atoms with E-state index < -0.39 is 11.9 Å². The quantitative estimate of drug-likeness (QED) is 0.449. The number of carboxylic acids is 1. The molecule has 30 heavy (non-hydrogen) atoms. The van der Waals surface area contributed by atoms with E-state index >= 15 is 0 Å². The number of amides is 1. The van der Waals surface area contributed by atoms with Crippen molar-refractivity contribution >= 4 is 35.2 Å². The highest BCUT2D eigenvalue weighted by molar-refractivity contribution is 6.30. The molecule has 0 aliphatic rings. The smallest absolute Gasteiger partial charge is 0.337 e. The number of halogens is 1. The predicted octanol–water partition coefficient (Wildman–Crippen LogP) is 4.99. The maximum atomic E-state index is 12.5. The third-order valence-electron chi connectivity index (χ3n) is 4.61. The largest absolute Gasteiger partial charge is 0.478 e. The third kappa shape index (κ3) is 4.27. The number of aromatic nitrogens is 1. The minimum absolute atomic E-state index is 0.0725. The third-order valence-corrected chi connectivity index (χ3v) is 4.86. The molecule has 0 radical (unpaired) electrons. The average molecular weight is 420 g/mol. The Labute approximate surface area is 178 Å². The molecule has 3 rings (SSSR count). The van der Waals surface area contributed by atoms with Gasteiger partial charge in [0.15, 0.2) is 0 Å². The Morgan fingerprint density at radius 2 is 1.80 bits per heavy atom. The number of nitriles is 1. The molecule has 0 spiro atoms. The maximum Gasteiger partial charge on any atom is 0.337 e. The summed E-state index contributed by atoms with van der Waals surface area (Å²) >= 11 is 5.85. The number of nitrogens with one attached hydrogen (secondary N) is 1. The van der Waals surface area contributed by atoms with E-state index in [1.807, 2.05) is 19.9 Å². The summed E-state index contributed by atoms with van der Waals surface area (Å²) < 4.78 is 1.79. The van der Waals surface area contributed by atoms with Crippen LogP contribution in [0.1, 0.15) is 27.3 Å². The van der Waals surface area contributed by atoms with Crippen LogP contribution in [0.25, 0.3) is 11.8 Å². The van der Waals surface area contributed by atoms with Gasteiger partial charge in [-0.05, 0) is 68.0 Å². The second kappa shape index (κ2) is 8.68. The van der Waals surface area contributed by atoms with Crippen molar-refractivity contribution in [3.05, 3.63) is 87.7 Å². The maximum absolute atomic E-state index is 12.5. The number of carbonyl (C=O) groups excluding carboxylic acids is 1. The molecule has 1 heterocycles. The van der Waals surface area contributed by atoms with Crippen LogP contribution in [0, 0.1) is 25.2 Å². The Morgan fingerprint density at radius 1 is 1.13 bits per heavy atom. The molecule has 2 N–H and O–H groups in total. The monoisotopic (exact) mass is 419 g/mol. The number of aromatic carboxylic acids is 1. The zero-order chi connectivity index (χ0) is 21.8. The number of aryl methyl sites for hydroxylation is 1. The Balaban J connectivity index is 1.98. The molecule has 0 aliphatic carbocycles. The van der Waals surface area contributed by atoms with Gasteiger partial charge in [0, 0.05) is 22.1 Å². The highest BCUT2D eigenvalue weighted by atomic mass is 35.5. The molecule has 0 fully saturated rings. The molecule has 0 saturated heterocycles. The van der Waals surface area contributed by atoms with E-state index in [0.717, 1.165) is 5.69 Å². The van der Waals surface area contributed by atoms with E-state index in [1.165, 1.54) is 12.1 Å². The number of hydrogen-bond acceptors (Lipinski definition) is 3. The number of anilines is 1. The molecular weight excluding hydrogens is 402 g/mol. The van der Waals surface area contributed by atoms with Gasteiger partial charge in [-0.2, -0.15) is 5.26 Å². The number of hydrogen-bond donors (Lipinski definition) is 2. The van der Waals surface area contributed by atoms with E-state index in [0.29, 0.717) is 27.7 Å². The Hall–Kier alpha value is -3.82. The van der Waals surface area contributed by atoms with Gasteiger partial charge in [0.25, 0.3) is 5.91 Å². The van der Waals surface area contributed by atoms with Crippen molar-refractivity contribution in [1.82, 2.24) is 4.57 Å². The number of nitrogens with zero attached hydrogens (tertiary/aromatic N) is 2. The van der Waals surface area contributed by atoms with Crippen LogP contribution in [0.15, 0.2) is 60.2 Å². The second-order valence-corrected chi connectivity index (χ2v) is 7.05. The minimum atomic E-state index is -1.03. The molecule has 2 aromatic carbocycles. The number of benzene rings is 2. The van der Waals surface area contributed by atoms with E-state index in [4.69, 9.17) is 11.6 Å². The zero-order valence-electron chi connectivity index (χ0n) is 16.3. The molecular formula is C23H18ClN3O3. The Kier molecular flexibility index (Phi) is 6.05. The summed E-state index contributed by atoms with van der Waals surface area (Å²) in [6.07, 6.45) is 1.49. The van der Waals surface area contributed by atoms with Crippen LogP contribution in [-0.4, -0.2) is 21.6 Å². The van der Waals surface area contributed by atoms with Gasteiger partial charge in [0.05, 0.1) is 11.3 Å². The highest BCUT2D eigenvalue weighted by Gasteiger charge is 2.17. The van der Waals surface area contributed by atoms with Gasteiger partial charge < -0.3 is 15.0 Å². The predicted molar refractivity (Wildman–Crippen MR) is 116 cm³/mol. The van der Waals surface area contributed by atoms with Crippen LogP contribution in [0.5, 0.6) is 0 Å². The van der Waals surface area contributed by atoms with Gasteiger partial charge in [0.1, 0.15) is 11.6 Å². The van der Waals surface area contributed by atoms with Crippen molar-refractivity contribution in [3.8, 4) is 11.8 Å². The summed E-state index contributed by atoms with van der Waals surface area (Å²) in [5.74, 6) is -1.58. The van der Waals surface area contributed by atoms with Gasteiger partial charge >= 0.3 is 5.97 Å². The molecule has 0 unspecified atom stereocenters. The molecule has 0 aliphatic heterocycles. The van der Waals surface area contributed by atoms with Crippen molar-refractivity contribution in [2.45, 2.75) is 13.8 Å². The molecule has 6 nitrogen and oxygen atoms in total. The first-order chi connectivity index (χ1) is 14.3. The molecule has 0 atom stereocenters. The van der Waals surface area contributed by atoms with Crippen LogP contribution >= 0.6 is 11.6 Å². The summed E-state index contributed by atoms with van der Waals surface area (Å²) in [5.41, 5.74) is 3.27. The van der Waals surface area contributed by atoms with Crippen LogP contribution in [0.2, 0.25) is 5.02 Å². The summed E-state index contributed by atoms with van der Waals surface area (Å²) in [7, 11) is 0. The van der Waals surface area contributed by atoms with Gasteiger partial charge in [-0.3, -0.25) is 4.79 Å². The van der Waals surface area contributed by atoms with Gasteiger partial charge in [-0.1, -0.05) is 23.7 Å². The fraction of sp³-hybridized carbons (Fsp3) is 0.0870. The van der Waals surface area contributed by atoms with Crippen LogP contribution in [0.4, 0.5) is 5.69 Å². The fourth-order valence-electron chi connectivity index (χ4n) is 3.19. The standard InChI is InChI=1S/C23H18ClN3O3/c1-14-11-16(15(2)27(14)21-6-4-3-5-20(21)23(29)30)12-17(13-25)22(28)26-19-9-7-18(24)8-10-19/h3-12H,1-2H3,(H,26,28)(H,29,30)/b17-12-. The van der Waals surface area contributed by atoms with Gasteiger partial charge in [-0.15, -0.1) is 0 Å². The minimum Gasteiger partial charge on any atom is -0.478 e. The number of rotatable bonds is 5. The fourth-order valence-corrected chi connectivity index (χ4v) is 3.32. The van der Waals surface area contributed by atoms with Crippen molar-refractivity contribution in [2.75, 3.05) is 5.32 Å². The molecule has 1 aromatic heterocycles. The SMILES string of the molecule is Cc1cc(/C=C(/C#N)C(=O)Nc2ccc(Cl)cc2)c(C)n1-c1ccccc1C(=O)O. The molecule has 3 aromatic rings. The van der Waals surface area contributed by atoms with Crippen LogP contribution < -0.4 is 5.32 Å². The summed E-state index contributed by atoms with van der Waals surface area (Å²) in [6, 6.07) is 17.0. The van der Waals surface area contributed by atoms with Crippen LogP contribution in [-0.2, 0) is 4.79 Å². The normalized spacial score (nSPS) is 11.1. The molecule has 0 bridgehead atoms. The van der Waals surface area contributed by atoms with E-state index in [1.54, 1.807) is 53.1 Å². The van der Waals surface area contributed by atoms with Crippen molar-refractivity contribution in [2.24, 2.45) is 0 Å². The lowest BCUT2D eigenvalue weighted by Gasteiger charge is -2.12. The van der Waals surface area contributed by atoms with Crippen molar-refractivity contribution in [1.29, 1.82) is 5.26 Å². The second-order valence-electron chi connectivity index (χ2n) is 6.62. The number of carboxylic acid groups (broad SMARTS) is 1. The lowest BCUT2D eigenvalue weighted by Crippen LogP contribution is -2.13. The van der Waals surface area contributed by atoms with E-state index in [-0.39, 0.29) is 11.1 Å². The first-order valence-electron chi connectivity index (χ1n) is 9.02. The topological polar surface area (TPSA) is 95.1 Å². The Morgan fingerprint density at radius 3 is 2.43 bits per heavy atom. The molecule has 1 amide bonds. The van der Waals surface area contributed by atoms with E-state index in [2.05, 4.69) is 5.32 Å².